The number of ketones is 1. The first kappa shape index (κ1) is 23.7. The molecule has 2 aliphatic rings. The van der Waals surface area contributed by atoms with Gasteiger partial charge in [0.25, 0.3) is 0 Å². The summed E-state index contributed by atoms with van der Waals surface area (Å²) < 4.78 is 5.15. The summed E-state index contributed by atoms with van der Waals surface area (Å²) in [6, 6.07) is 12.2. The lowest BCUT2D eigenvalue weighted by Crippen LogP contribution is -2.34. The van der Waals surface area contributed by atoms with Crippen molar-refractivity contribution in [1.29, 1.82) is 0 Å². The first-order valence-electron chi connectivity index (χ1n) is 11.1. The third-order valence-corrected chi connectivity index (χ3v) is 7.74. The standard InChI is InChI=1S/C27H28ClNO3S/c1-15-12-16(2)21(13-18(15)14-33-20-10-8-19(28)9-11-20)25-24(27(31)32-4)17(3)29-22-6-5-7-23(30)26(22)25/h8-13,25,29H,5-7,14H2,1-4H3/t25-/m0/s1. The highest BCUT2D eigenvalue weighted by atomic mass is 35.5. The number of methoxy groups -OCH3 is 1. The van der Waals surface area contributed by atoms with Gasteiger partial charge < -0.3 is 10.1 Å². The molecular weight excluding hydrogens is 454 g/mol. The molecule has 0 amide bonds. The van der Waals surface area contributed by atoms with E-state index in [-0.39, 0.29) is 5.78 Å². The molecule has 4 nitrogen and oxygen atoms in total. The molecule has 172 valence electrons. The zero-order chi connectivity index (χ0) is 23.7. The van der Waals surface area contributed by atoms with Gasteiger partial charge in [-0.25, -0.2) is 4.79 Å². The van der Waals surface area contributed by atoms with Crippen molar-refractivity contribution in [3.8, 4) is 0 Å². The molecule has 2 aromatic carbocycles. The second-order valence-corrected chi connectivity index (χ2v) is 10.1. The Kier molecular flexibility index (Phi) is 7.01. The van der Waals surface area contributed by atoms with Crippen molar-refractivity contribution in [2.24, 2.45) is 0 Å². The summed E-state index contributed by atoms with van der Waals surface area (Å²) in [5.41, 5.74) is 7.38. The number of carbonyl (C=O) groups excluding carboxylic acids is 2. The van der Waals surface area contributed by atoms with E-state index in [0.717, 1.165) is 56.6 Å². The topological polar surface area (TPSA) is 55.4 Å². The van der Waals surface area contributed by atoms with Gasteiger partial charge in [-0.3, -0.25) is 4.79 Å². The number of ether oxygens (including phenoxy) is 1. The molecule has 4 rings (SSSR count). The van der Waals surface area contributed by atoms with E-state index < -0.39 is 11.9 Å². The zero-order valence-electron chi connectivity index (χ0n) is 19.4. The number of dihydropyridines is 1. The largest absolute Gasteiger partial charge is 0.466 e. The molecule has 0 spiro atoms. The average Bonchev–Trinajstić information content (AvgIpc) is 2.78. The van der Waals surface area contributed by atoms with Crippen LogP contribution in [-0.2, 0) is 20.1 Å². The number of halogens is 1. The Morgan fingerprint density at radius 1 is 1.12 bits per heavy atom. The lowest BCUT2D eigenvalue weighted by Gasteiger charge is -2.35. The van der Waals surface area contributed by atoms with Crippen LogP contribution in [0.1, 0.15) is 54.4 Å². The van der Waals surface area contributed by atoms with Crippen LogP contribution in [0.15, 0.2) is 63.8 Å². The molecule has 0 saturated heterocycles. The van der Waals surface area contributed by atoms with Crippen molar-refractivity contribution in [2.45, 2.75) is 56.6 Å². The molecule has 1 aliphatic heterocycles. The van der Waals surface area contributed by atoms with Gasteiger partial charge in [0, 0.05) is 45.0 Å². The third-order valence-electron chi connectivity index (χ3n) is 6.42. The van der Waals surface area contributed by atoms with Crippen molar-refractivity contribution >= 4 is 35.1 Å². The number of thioether (sulfide) groups is 1. The van der Waals surface area contributed by atoms with Crippen molar-refractivity contribution in [3.63, 3.8) is 0 Å². The fraction of sp³-hybridized carbons (Fsp3) is 0.333. The Balaban J connectivity index is 1.78. The van der Waals surface area contributed by atoms with E-state index in [1.807, 2.05) is 31.2 Å². The lowest BCUT2D eigenvalue weighted by molar-refractivity contribution is -0.136. The maximum Gasteiger partial charge on any atom is 0.336 e. The number of esters is 1. The van der Waals surface area contributed by atoms with Gasteiger partial charge in [-0.2, -0.15) is 0 Å². The maximum absolute atomic E-state index is 13.1. The SMILES string of the molecule is COC(=O)C1=C(C)NC2=C(C(=O)CCC2)[C@H]1c1cc(CSc2ccc(Cl)cc2)c(C)cc1C. The second-order valence-electron chi connectivity index (χ2n) is 8.64. The molecule has 1 heterocycles. The van der Waals surface area contributed by atoms with E-state index in [0.29, 0.717) is 12.0 Å². The van der Waals surface area contributed by atoms with E-state index in [9.17, 15) is 9.59 Å². The molecule has 1 atom stereocenters. The summed E-state index contributed by atoms with van der Waals surface area (Å²) in [6.07, 6.45) is 2.15. The van der Waals surface area contributed by atoms with Crippen LogP contribution in [0.4, 0.5) is 0 Å². The van der Waals surface area contributed by atoms with E-state index in [1.165, 1.54) is 18.2 Å². The molecule has 0 aromatic heterocycles. The summed E-state index contributed by atoms with van der Waals surface area (Å²) >= 11 is 7.76. The van der Waals surface area contributed by atoms with Crippen LogP contribution in [0, 0.1) is 13.8 Å². The van der Waals surface area contributed by atoms with Gasteiger partial charge in [0.15, 0.2) is 5.78 Å². The number of aryl methyl sites for hydroxylation is 2. The lowest BCUT2D eigenvalue weighted by atomic mass is 9.73. The van der Waals surface area contributed by atoms with E-state index in [4.69, 9.17) is 16.3 Å². The van der Waals surface area contributed by atoms with Gasteiger partial charge in [0.1, 0.15) is 0 Å². The number of allylic oxidation sites excluding steroid dienone is 3. The number of benzene rings is 2. The molecule has 1 N–H and O–H groups in total. The number of carbonyl (C=O) groups is 2. The summed E-state index contributed by atoms with van der Waals surface area (Å²) in [6.45, 7) is 6.05. The normalized spacial score (nSPS) is 18.2. The molecule has 0 bridgehead atoms. The van der Waals surface area contributed by atoms with Gasteiger partial charge in [-0.1, -0.05) is 23.7 Å². The van der Waals surface area contributed by atoms with Gasteiger partial charge in [0.2, 0.25) is 0 Å². The summed E-state index contributed by atoms with van der Waals surface area (Å²) in [5, 5.41) is 4.05. The minimum atomic E-state index is -0.415. The predicted octanol–water partition coefficient (Wildman–Crippen LogP) is 6.39. The number of Topliss-reactive ketones (excluding diaryl/α,β-unsaturated/α-hetero) is 1. The van der Waals surface area contributed by atoms with E-state index >= 15 is 0 Å². The van der Waals surface area contributed by atoms with Crippen molar-refractivity contribution in [3.05, 3.63) is 86.2 Å². The fourth-order valence-corrected chi connectivity index (χ4v) is 5.84. The zero-order valence-corrected chi connectivity index (χ0v) is 21.0. The Labute approximate surface area is 204 Å². The predicted molar refractivity (Wildman–Crippen MR) is 133 cm³/mol. The van der Waals surface area contributed by atoms with Gasteiger partial charge in [0.05, 0.1) is 12.7 Å². The van der Waals surface area contributed by atoms with E-state index in [1.54, 1.807) is 11.8 Å². The molecule has 0 fully saturated rings. The monoisotopic (exact) mass is 481 g/mol. The third kappa shape index (κ3) is 4.75. The Bertz CT molecular complexity index is 1180. The number of nitrogens with one attached hydrogen (secondary N) is 1. The Hall–Kier alpha value is -2.50. The number of hydrogen-bond acceptors (Lipinski definition) is 5. The summed E-state index contributed by atoms with van der Waals surface area (Å²) in [4.78, 5) is 27.1. The highest BCUT2D eigenvalue weighted by Crippen LogP contribution is 2.44. The minimum absolute atomic E-state index is 0.111. The molecular formula is C27H28ClNO3S. The molecule has 2 aromatic rings. The van der Waals surface area contributed by atoms with E-state index in [2.05, 4.69) is 31.3 Å². The van der Waals surface area contributed by atoms with Crippen LogP contribution in [-0.4, -0.2) is 18.9 Å². The summed E-state index contributed by atoms with van der Waals surface area (Å²) in [7, 11) is 1.39. The summed E-state index contributed by atoms with van der Waals surface area (Å²) in [5.74, 6) is 0.0787. The van der Waals surface area contributed by atoms with Crippen molar-refractivity contribution < 1.29 is 14.3 Å². The van der Waals surface area contributed by atoms with Gasteiger partial charge in [-0.15, -0.1) is 11.8 Å². The highest BCUT2D eigenvalue weighted by Gasteiger charge is 2.39. The Morgan fingerprint density at radius 2 is 1.85 bits per heavy atom. The number of rotatable bonds is 5. The highest BCUT2D eigenvalue weighted by molar-refractivity contribution is 7.98. The minimum Gasteiger partial charge on any atom is -0.466 e. The molecule has 1 aliphatic carbocycles. The first-order chi connectivity index (χ1) is 15.8. The number of hydrogen-bond donors (Lipinski definition) is 1. The average molecular weight is 482 g/mol. The molecule has 0 saturated carbocycles. The fourth-order valence-electron chi connectivity index (χ4n) is 4.75. The quantitative estimate of drug-likeness (QED) is 0.396. The van der Waals surface area contributed by atoms with Crippen LogP contribution in [0.3, 0.4) is 0 Å². The molecule has 6 heteroatoms. The second kappa shape index (κ2) is 9.78. The molecule has 0 unspecified atom stereocenters. The molecule has 33 heavy (non-hydrogen) atoms. The first-order valence-corrected chi connectivity index (χ1v) is 12.5. The van der Waals surface area contributed by atoms with Crippen molar-refractivity contribution in [1.82, 2.24) is 5.32 Å². The van der Waals surface area contributed by atoms with Crippen LogP contribution in [0.5, 0.6) is 0 Å². The van der Waals surface area contributed by atoms with Crippen LogP contribution in [0.2, 0.25) is 5.02 Å². The molecule has 0 radical (unpaired) electrons. The van der Waals surface area contributed by atoms with Gasteiger partial charge in [-0.05, 0) is 80.1 Å². The van der Waals surface area contributed by atoms with Gasteiger partial charge >= 0.3 is 5.97 Å². The van der Waals surface area contributed by atoms with Crippen LogP contribution >= 0.6 is 23.4 Å². The Morgan fingerprint density at radius 3 is 2.55 bits per heavy atom. The van der Waals surface area contributed by atoms with Crippen LogP contribution < -0.4 is 5.32 Å². The van der Waals surface area contributed by atoms with Crippen molar-refractivity contribution in [2.75, 3.05) is 7.11 Å². The smallest absolute Gasteiger partial charge is 0.336 e. The maximum atomic E-state index is 13.1. The van der Waals surface area contributed by atoms with Crippen LogP contribution in [0.25, 0.3) is 0 Å².